The van der Waals surface area contributed by atoms with E-state index in [0.717, 1.165) is 0 Å². The highest BCUT2D eigenvalue weighted by atomic mass is 35.5. The molecule has 2 N–H and O–H groups in total. The van der Waals surface area contributed by atoms with Gasteiger partial charge in [-0.1, -0.05) is 48.0 Å². The van der Waals surface area contributed by atoms with Gasteiger partial charge >= 0.3 is 11.9 Å². The third-order valence-corrected chi connectivity index (χ3v) is 6.22. The van der Waals surface area contributed by atoms with Gasteiger partial charge in [-0.05, 0) is 31.2 Å². The average Bonchev–Trinajstić information content (AvgIpc) is 3.41. The van der Waals surface area contributed by atoms with Crippen LogP contribution < -0.4 is 5.73 Å². The Morgan fingerprint density at radius 3 is 2.35 bits per heavy atom. The van der Waals surface area contributed by atoms with Gasteiger partial charge < -0.3 is 19.9 Å². The largest absolute Gasteiger partial charge is 0.459 e. The maximum absolute atomic E-state index is 16.5. The Morgan fingerprint density at radius 2 is 1.70 bits per heavy atom. The highest BCUT2D eigenvalue weighted by Crippen LogP contribution is 2.44. The number of hydrogen-bond acceptors (Lipinski definition) is 9. The van der Waals surface area contributed by atoms with Gasteiger partial charge in [-0.3, -0.25) is 4.57 Å². The van der Waals surface area contributed by atoms with Crippen molar-refractivity contribution in [2.45, 2.75) is 31.0 Å². The van der Waals surface area contributed by atoms with Gasteiger partial charge in [-0.2, -0.15) is 9.97 Å². The van der Waals surface area contributed by atoms with Gasteiger partial charge in [0.2, 0.25) is 5.95 Å². The first kappa shape index (κ1) is 24.6. The summed E-state index contributed by atoms with van der Waals surface area (Å²) in [5.74, 6) is -1.54. The lowest BCUT2D eigenvalue weighted by Gasteiger charge is -2.27. The van der Waals surface area contributed by atoms with E-state index in [0.29, 0.717) is 5.56 Å². The number of fused-ring (bicyclic) bond motifs is 1. The van der Waals surface area contributed by atoms with Crippen LogP contribution in [0.2, 0.25) is 5.15 Å². The van der Waals surface area contributed by atoms with Gasteiger partial charge in [0.15, 0.2) is 28.8 Å². The molecule has 5 rings (SSSR count). The number of ether oxygens (including phenoxy) is 3. The highest BCUT2D eigenvalue weighted by Gasteiger charge is 2.58. The minimum Gasteiger partial charge on any atom is -0.459 e. The van der Waals surface area contributed by atoms with E-state index in [4.69, 9.17) is 31.5 Å². The molecule has 1 fully saturated rings. The number of alkyl halides is 1. The quantitative estimate of drug-likeness (QED) is 0.295. The monoisotopic (exact) mass is 525 g/mol. The predicted octanol–water partition coefficient (Wildman–Crippen LogP) is 3.77. The van der Waals surface area contributed by atoms with Gasteiger partial charge in [-0.15, -0.1) is 0 Å². The van der Waals surface area contributed by atoms with Gasteiger partial charge in [0.25, 0.3) is 0 Å². The van der Waals surface area contributed by atoms with Crippen LogP contribution >= 0.6 is 11.6 Å². The standard InChI is InChI=1S/C25H21ClFN5O5/c1-25(27)18(37-22(34)15-10-6-3-7-11-15)16(12-35-21(33)14-8-4-2-5-9-14)36-23(25)32-13-29-17-19(26)30-24(28)31-20(17)32/h2-11,13,16,18,23H,12H2,1H3,(H2,28,30,31)/t16-,18-,23-,25+/m1/s1. The molecular formula is C25H21ClFN5O5. The molecule has 0 bridgehead atoms. The maximum Gasteiger partial charge on any atom is 0.338 e. The number of nitrogens with two attached hydrogens (primary N) is 1. The Balaban J connectivity index is 1.47. The van der Waals surface area contributed by atoms with E-state index in [1.807, 2.05) is 0 Å². The number of imidazole rings is 1. The summed E-state index contributed by atoms with van der Waals surface area (Å²) in [5, 5.41) is -0.0137. The predicted molar refractivity (Wildman–Crippen MR) is 131 cm³/mol. The van der Waals surface area contributed by atoms with E-state index in [9.17, 15) is 9.59 Å². The highest BCUT2D eigenvalue weighted by molar-refractivity contribution is 6.33. The zero-order valence-electron chi connectivity index (χ0n) is 19.5. The van der Waals surface area contributed by atoms with E-state index < -0.39 is 36.0 Å². The molecule has 2 aromatic heterocycles. The molecule has 3 heterocycles. The minimum atomic E-state index is -2.31. The molecule has 12 heteroatoms. The maximum atomic E-state index is 16.5. The molecular weight excluding hydrogens is 505 g/mol. The number of aromatic nitrogens is 4. The van der Waals surface area contributed by atoms with Crippen molar-refractivity contribution in [2.24, 2.45) is 0 Å². The fourth-order valence-corrected chi connectivity index (χ4v) is 4.39. The summed E-state index contributed by atoms with van der Waals surface area (Å²) in [6, 6.07) is 16.4. The summed E-state index contributed by atoms with van der Waals surface area (Å²) < 4.78 is 34.8. The van der Waals surface area contributed by atoms with Crippen molar-refractivity contribution >= 4 is 40.7 Å². The Morgan fingerprint density at radius 1 is 1.08 bits per heavy atom. The summed E-state index contributed by atoms with van der Waals surface area (Å²) >= 11 is 6.12. The molecule has 4 aromatic rings. The van der Waals surface area contributed by atoms with Crippen LogP contribution in [0.15, 0.2) is 67.0 Å². The van der Waals surface area contributed by atoms with Crippen LogP contribution in [0, 0.1) is 0 Å². The second-order valence-electron chi connectivity index (χ2n) is 8.53. The van der Waals surface area contributed by atoms with Crippen molar-refractivity contribution in [1.82, 2.24) is 19.5 Å². The summed E-state index contributed by atoms with van der Waals surface area (Å²) in [5.41, 5.74) is 4.26. The molecule has 1 aliphatic heterocycles. The van der Waals surface area contributed by atoms with Gasteiger partial charge in [0.05, 0.1) is 17.5 Å². The number of rotatable bonds is 6. The third kappa shape index (κ3) is 4.70. The van der Waals surface area contributed by atoms with Crippen LogP contribution in [0.5, 0.6) is 0 Å². The molecule has 2 aromatic carbocycles. The number of nitrogens with zero attached hydrogens (tertiary/aromatic N) is 4. The second kappa shape index (κ2) is 9.75. The number of benzene rings is 2. The van der Waals surface area contributed by atoms with E-state index in [1.54, 1.807) is 60.7 Å². The summed E-state index contributed by atoms with van der Waals surface area (Å²) in [4.78, 5) is 37.5. The van der Waals surface area contributed by atoms with E-state index >= 15 is 4.39 Å². The Hall–Kier alpha value is -4.09. The normalized spacial score (nSPS) is 23.2. The summed E-state index contributed by atoms with van der Waals surface area (Å²) in [6.07, 6.45) is -2.72. The van der Waals surface area contributed by atoms with Crippen LogP contribution in [0.1, 0.15) is 33.9 Å². The van der Waals surface area contributed by atoms with Gasteiger partial charge in [-0.25, -0.2) is 19.0 Å². The van der Waals surface area contributed by atoms with Crippen LogP contribution in [0.4, 0.5) is 10.3 Å². The second-order valence-corrected chi connectivity index (χ2v) is 8.89. The van der Waals surface area contributed by atoms with Crippen LogP contribution in [-0.2, 0) is 14.2 Å². The third-order valence-electron chi connectivity index (χ3n) is 5.96. The van der Waals surface area contributed by atoms with Crippen LogP contribution in [-0.4, -0.2) is 55.9 Å². The SMILES string of the molecule is C[C@]1(F)[C@H](OC(=O)c2ccccc2)[C@@H](COC(=O)c2ccccc2)O[C@H]1n1cnc2c(Cl)nc(N)nc21. The Labute approximate surface area is 215 Å². The molecule has 37 heavy (non-hydrogen) atoms. The van der Waals surface area contributed by atoms with Crippen molar-refractivity contribution in [1.29, 1.82) is 0 Å². The molecule has 10 nitrogen and oxygen atoms in total. The van der Waals surface area contributed by atoms with E-state index in [-0.39, 0.29) is 34.4 Å². The minimum absolute atomic E-state index is 0.0137. The first-order chi connectivity index (χ1) is 17.8. The number of carbonyl (C=O) groups is 2. The van der Waals surface area contributed by atoms with Gasteiger partial charge in [0.1, 0.15) is 18.2 Å². The zero-order valence-corrected chi connectivity index (χ0v) is 20.2. The smallest absolute Gasteiger partial charge is 0.338 e. The summed E-state index contributed by atoms with van der Waals surface area (Å²) in [6.45, 7) is 0.832. The van der Waals surface area contributed by atoms with Crippen molar-refractivity contribution < 1.29 is 28.2 Å². The summed E-state index contributed by atoms with van der Waals surface area (Å²) in [7, 11) is 0. The van der Waals surface area contributed by atoms with E-state index in [2.05, 4.69) is 15.0 Å². The number of esters is 2. The molecule has 0 aliphatic carbocycles. The van der Waals surface area contributed by atoms with Crippen LogP contribution in [0.3, 0.4) is 0 Å². The lowest BCUT2D eigenvalue weighted by molar-refractivity contribution is -0.0611. The lowest BCUT2D eigenvalue weighted by atomic mass is 9.98. The number of hydrogen-bond donors (Lipinski definition) is 1. The molecule has 1 aliphatic rings. The number of halogens is 2. The van der Waals surface area contributed by atoms with Crippen molar-refractivity contribution in [2.75, 3.05) is 12.3 Å². The molecule has 4 atom stereocenters. The van der Waals surface area contributed by atoms with Crippen molar-refractivity contribution in [3.05, 3.63) is 83.3 Å². The first-order valence-electron chi connectivity index (χ1n) is 11.2. The molecule has 0 saturated carbocycles. The zero-order chi connectivity index (χ0) is 26.2. The molecule has 0 radical (unpaired) electrons. The van der Waals surface area contributed by atoms with Crippen LogP contribution in [0.25, 0.3) is 11.2 Å². The first-order valence-corrected chi connectivity index (χ1v) is 11.6. The van der Waals surface area contributed by atoms with Gasteiger partial charge in [0, 0.05) is 0 Å². The number of nitrogen functional groups attached to an aromatic ring is 1. The number of carbonyl (C=O) groups excluding carboxylic acids is 2. The van der Waals surface area contributed by atoms with Crippen molar-refractivity contribution in [3.63, 3.8) is 0 Å². The fourth-order valence-electron chi connectivity index (χ4n) is 4.17. The average molecular weight is 526 g/mol. The lowest BCUT2D eigenvalue weighted by Crippen LogP contribution is -2.44. The molecule has 0 unspecified atom stereocenters. The number of anilines is 1. The molecule has 190 valence electrons. The Kier molecular flexibility index (Phi) is 6.48. The topological polar surface area (TPSA) is 131 Å². The van der Waals surface area contributed by atoms with Crippen molar-refractivity contribution in [3.8, 4) is 0 Å². The van der Waals surface area contributed by atoms with E-state index in [1.165, 1.54) is 17.8 Å². The molecule has 0 spiro atoms. The molecule has 1 saturated heterocycles. The fraction of sp³-hybridized carbons (Fsp3) is 0.240. The Bertz CT molecular complexity index is 1450. The molecule has 0 amide bonds.